The molecule has 0 atom stereocenters. The molecule has 2 N–H and O–H groups in total. The predicted octanol–water partition coefficient (Wildman–Crippen LogP) is 7.34. The molecule has 5 aromatic rings. The number of hydrazone groups is 1. The first-order valence-corrected chi connectivity index (χ1v) is 12.9. The molecule has 1 aromatic heterocycles. The number of hydrogen-bond acceptors (Lipinski definition) is 4. The Morgan fingerprint density at radius 3 is 2.35 bits per heavy atom. The van der Waals surface area contributed by atoms with Gasteiger partial charge in [0.25, 0.3) is 5.91 Å². The molecule has 8 heteroatoms. The van der Waals surface area contributed by atoms with Crippen LogP contribution in [0, 0.1) is 0 Å². The number of halogens is 2. The maximum Gasteiger partial charge on any atom is 0.343 e. The minimum atomic E-state index is -0.488. The minimum Gasteiger partial charge on any atom is -0.422 e. The molecule has 0 radical (unpaired) electrons. The molecule has 4 aromatic carbocycles. The Balaban J connectivity index is 1.42. The lowest BCUT2D eigenvalue weighted by Crippen LogP contribution is -2.19. The van der Waals surface area contributed by atoms with Gasteiger partial charge in [-0.2, -0.15) is 5.10 Å². The lowest BCUT2D eigenvalue weighted by Gasteiger charge is -2.08. The lowest BCUT2D eigenvalue weighted by atomic mass is 10.0. The summed E-state index contributed by atoms with van der Waals surface area (Å²) in [7, 11) is 0. The molecule has 0 fully saturated rings. The fourth-order valence-corrected chi connectivity index (χ4v) is 4.76. The highest BCUT2D eigenvalue weighted by molar-refractivity contribution is 9.11. The first-order valence-electron chi connectivity index (χ1n) is 11.3. The van der Waals surface area contributed by atoms with Crippen LogP contribution in [0.5, 0.6) is 5.75 Å². The van der Waals surface area contributed by atoms with E-state index in [2.05, 4.69) is 47.4 Å². The Labute approximate surface area is 229 Å². The number of H-pyrrole nitrogens is 1. The molecule has 1 amide bonds. The molecule has 0 bridgehead atoms. The van der Waals surface area contributed by atoms with Crippen LogP contribution in [-0.2, 0) is 0 Å². The van der Waals surface area contributed by atoms with E-state index in [1.54, 1.807) is 42.5 Å². The predicted molar refractivity (Wildman–Crippen MR) is 152 cm³/mol. The number of benzene rings is 4. The molecule has 0 saturated carbocycles. The molecule has 0 aliphatic heterocycles. The summed E-state index contributed by atoms with van der Waals surface area (Å²) < 4.78 is 7.20. The maximum absolute atomic E-state index is 13.3. The van der Waals surface area contributed by atoms with Crippen LogP contribution in [0.1, 0.15) is 26.4 Å². The average molecular weight is 617 g/mol. The first-order chi connectivity index (χ1) is 18.0. The van der Waals surface area contributed by atoms with Crippen molar-refractivity contribution in [2.75, 3.05) is 0 Å². The summed E-state index contributed by atoms with van der Waals surface area (Å²) in [4.78, 5) is 29.0. The number of rotatable bonds is 6. The van der Waals surface area contributed by atoms with Gasteiger partial charge in [-0.15, -0.1) is 0 Å². The zero-order valence-electron chi connectivity index (χ0n) is 19.2. The van der Waals surface area contributed by atoms with Crippen molar-refractivity contribution in [3.05, 3.63) is 123 Å². The van der Waals surface area contributed by atoms with E-state index in [1.807, 2.05) is 54.6 Å². The van der Waals surface area contributed by atoms with Gasteiger partial charge in [-0.1, -0.05) is 76.6 Å². The van der Waals surface area contributed by atoms with Crippen LogP contribution >= 0.6 is 31.9 Å². The third kappa shape index (κ3) is 5.40. The molecule has 5 rings (SSSR count). The van der Waals surface area contributed by atoms with Gasteiger partial charge in [-0.3, -0.25) is 4.79 Å². The number of aromatic nitrogens is 1. The van der Waals surface area contributed by atoms with Crippen LogP contribution in [0.25, 0.3) is 22.0 Å². The Kier molecular flexibility index (Phi) is 7.30. The summed E-state index contributed by atoms with van der Waals surface area (Å²) >= 11 is 6.99. The van der Waals surface area contributed by atoms with Gasteiger partial charge >= 0.3 is 5.97 Å². The summed E-state index contributed by atoms with van der Waals surface area (Å²) in [5.74, 6) is -0.580. The van der Waals surface area contributed by atoms with Gasteiger partial charge in [0, 0.05) is 25.5 Å². The number of amides is 1. The highest BCUT2D eigenvalue weighted by Crippen LogP contribution is 2.35. The highest BCUT2D eigenvalue weighted by Gasteiger charge is 2.20. The SMILES string of the molecule is O=C(Oc1ccc(Br)cc1C=NNC(=O)c1[nH]c2c(Br)cccc2c1-c1ccccc1)c1ccccc1. The number of aromatic amines is 1. The van der Waals surface area contributed by atoms with Crippen LogP contribution in [0.2, 0.25) is 0 Å². The highest BCUT2D eigenvalue weighted by atomic mass is 79.9. The standard InChI is InChI=1S/C29H19Br2N3O3/c30-21-14-15-24(37-29(36)19-10-5-2-6-11-19)20(16-21)17-32-34-28(35)27-25(18-8-3-1-4-9-18)22-12-7-13-23(31)26(22)33-27/h1-17,33H,(H,34,35). The largest absolute Gasteiger partial charge is 0.422 e. The van der Waals surface area contributed by atoms with Crippen molar-refractivity contribution < 1.29 is 14.3 Å². The minimum absolute atomic E-state index is 0.314. The molecule has 1 heterocycles. The van der Waals surface area contributed by atoms with Crippen molar-refractivity contribution in [3.63, 3.8) is 0 Å². The maximum atomic E-state index is 13.3. The van der Waals surface area contributed by atoms with E-state index in [1.165, 1.54) is 6.21 Å². The van der Waals surface area contributed by atoms with Crippen molar-refractivity contribution in [1.29, 1.82) is 0 Å². The van der Waals surface area contributed by atoms with E-state index in [0.717, 1.165) is 31.0 Å². The van der Waals surface area contributed by atoms with E-state index in [4.69, 9.17) is 4.74 Å². The van der Waals surface area contributed by atoms with Gasteiger partial charge in [0.15, 0.2) is 0 Å². The third-order valence-electron chi connectivity index (χ3n) is 5.63. The Morgan fingerprint density at radius 2 is 1.59 bits per heavy atom. The number of carbonyl (C=O) groups is 2. The summed E-state index contributed by atoms with van der Waals surface area (Å²) in [6.07, 6.45) is 1.44. The van der Waals surface area contributed by atoms with E-state index in [-0.39, 0.29) is 0 Å². The summed E-state index contributed by atoms with van der Waals surface area (Å²) in [6, 6.07) is 29.4. The van der Waals surface area contributed by atoms with Crippen LogP contribution in [0.3, 0.4) is 0 Å². The molecule has 0 aliphatic carbocycles. The van der Waals surface area contributed by atoms with Crippen molar-refractivity contribution >= 4 is 60.9 Å². The fourth-order valence-electron chi connectivity index (χ4n) is 3.92. The van der Waals surface area contributed by atoms with Gasteiger partial charge < -0.3 is 9.72 Å². The van der Waals surface area contributed by atoms with Gasteiger partial charge in [0.2, 0.25) is 0 Å². The monoisotopic (exact) mass is 615 g/mol. The Morgan fingerprint density at radius 1 is 0.865 bits per heavy atom. The normalized spacial score (nSPS) is 11.1. The molecular formula is C29H19Br2N3O3. The van der Waals surface area contributed by atoms with Gasteiger partial charge in [0.05, 0.1) is 17.3 Å². The van der Waals surface area contributed by atoms with Gasteiger partial charge in [-0.25, -0.2) is 10.2 Å². The molecule has 0 saturated heterocycles. The zero-order valence-corrected chi connectivity index (χ0v) is 22.4. The second kappa shape index (κ2) is 10.9. The molecular weight excluding hydrogens is 598 g/mol. The molecule has 0 aliphatic rings. The summed E-state index contributed by atoms with van der Waals surface area (Å²) in [5, 5.41) is 5.07. The number of fused-ring (bicyclic) bond motifs is 1. The average Bonchev–Trinajstić information content (AvgIpc) is 3.32. The zero-order chi connectivity index (χ0) is 25.8. The van der Waals surface area contributed by atoms with E-state index in [0.29, 0.717) is 22.6 Å². The molecule has 0 unspecified atom stereocenters. The Bertz CT molecular complexity index is 1630. The van der Waals surface area contributed by atoms with Crippen LogP contribution in [-0.4, -0.2) is 23.1 Å². The Hall–Kier alpha value is -4.01. The van der Waals surface area contributed by atoms with Gasteiger partial charge in [0.1, 0.15) is 11.4 Å². The topological polar surface area (TPSA) is 83.5 Å². The quantitative estimate of drug-likeness (QED) is 0.0906. The van der Waals surface area contributed by atoms with Crippen molar-refractivity contribution in [2.45, 2.75) is 0 Å². The molecule has 37 heavy (non-hydrogen) atoms. The van der Waals surface area contributed by atoms with E-state index < -0.39 is 11.9 Å². The number of hydrogen-bond donors (Lipinski definition) is 2. The van der Waals surface area contributed by atoms with Crippen molar-refractivity contribution in [3.8, 4) is 16.9 Å². The van der Waals surface area contributed by atoms with Crippen LogP contribution < -0.4 is 10.2 Å². The number of nitrogens with zero attached hydrogens (tertiary/aromatic N) is 1. The van der Waals surface area contributed by atoms with Crippen LogP contribution in [0.4, 0.5) is 0 Å². The van der Waals surface area contributed by atoms with E-state index in [9.17, 15) is 9.59 Å². The second-order valence-corrected chi connectivity index (χ2v) is 9.81. The van der Waals surface area contributed by atoms with E-state index >= 15 is 0 Å². The smallest absolute Gasteiger partial charge is 0.343 e. The second-order valence-electron chi connectivity index (χ2n) is 8.04. The van der Waals surface area contributed by atoms with Crippen molar-refractivity contribution in [2.24, 2.45) is 5.10 Å². The van der Waals surface area contributed by atoms with Crippen molar-refractivity contribution in [1.82, 2.24) is 10.4 Å². The molecule has 182 valence electrons. The summed E-state index contributed by atoms with van der Waals surface area (Å²) in [6.45, 7) is 0. The number of esters is 1. The number of carbonyl (C=O) groups excluding carboxylic acids is 2. The summed E-state index contributed by atoms with van der Waals surface area (Å²) in [5.41, 5.74) is 6.43. The molecule has 6 nitrogen and oxygen atoms in total. The van der Waals surface area contributed by atoms with Crippen LogP contribution in [0.15, 0.2) is 111 Å². The lowest BCUT2D eigenvalue weighted by molar-refractivity contribution is 0.0734. The first kappa shape index (κ1) is 24.7. The van der Waals surface area contributed by atoms with Gasteiger partial charge in [-0.05, 0) is 57.9 Å². The fraction of sp³-hybridized carbons (Fsp3) is 0. The number of para-hydroxylation sites is 1. The number of nitrogens with one attached hydrogen (secondary N) is 2. The molecule has 0 spiro atoms. The third-order valence-corrected chi connectivity index (χ3v) is 6.78. The number of ether oxygens (including phenoxy) is 1.